The lowest BCUT2D eigenvalue weighted by Crippen LogP contribution is -2.54. The molecular weight excluding hydrogens is 396 g/mol. The second-order valence-corrected chi connectivity index (χ2v) is 7.32. The zero-order valence-corrected chi connectivity index (χ0v) is 16.8. The van der Waals surface area contributed by atoms with E-state index in [0.29, 0.717) is 43.5 Å². The Labute approximate surface area is 179 Å². The minimum Gasteiger partial charge on any atom is -0.485 e. The maximum absolute atomic E-state index is 12.9. The molecule has 9 nitrogen and oxygen atoms in total. The molecule has 2 aliphatic heterocycles. The second-order valence-electron chi connectivity index (χ2n) is 7.32. The number of pyridine rings is 1. The average Bonchev–Trinajstić information content (AvgIpc) is 2.84. The molecule has 4 heterocycles. The van der Waals surface area contributed by atoms with Gasteiger partial charge in [-0.2, -0.15) is 0 Å². The van der Waals surface area contributed by atoms with E-state index in [2.05, 4.69) is 25.4 Å². The fourth-order valence-corrected chi connectivity index (χ4v) is 3.65. The summed E-state index contributed by atoms with van der Waals surface area (Å²) in [5, 5.41) is 11.7. The first-order valence-electron chi connectivity index (χ1n) is 10.2. The molecule has 1 unspecified atom stereocenters. The van der Waals surface area contributed by atoms with E-state index in [1.54, 1.807) is 12.4 Å². The fraction of sp³-hybridized carbons (Fsp3) is 0.273. The van der Waals surface area contributed by atoms with Crippen LogP contribution in [0.3, 0.4) is 0 Å². The molecular formula is C22H22N6O3. The molecule has 0 bridgehead atoms. The molecule has 2 aliphatic rings. The van der Waals surface area contributed by atoms with Crippen molar-refractivity contribution < 1.29 is 14.3 Å². The number of hydrogen-bond acceptors (Lipinski definition) is 8. The SMILES string of the molecule is O=C(C1COc2ccccc2O1)N1CCN(c2ccc(Nc3cccnc3)nn2)CC1. The number of ether oxygens (including phenoxy) is 2. The van der Waals surface area contributed by atoms with Crippen LogP contribution in [0.5, 0.6) is 11.5 Å². The molecule has 3 aromatic rings. The Hall–Kier alpha value is -3.88. The summed E-state index contributed by atoms with van der Waals surface area (Å²) in [5.41, 5.74) is 0.855. The molecule has 1 saturated heterocycles. The van der Waals surface area contributed by atoms with E-state index >= 15 is 0 Å². The number of rotatable bonds is 4. The number of nitrogens with one attached hydrogen (secondary N) is 1. The number of fused-ring (bicyclic) bond motifs is 1. The number of benzene rings is 1. The number of carbonyl (C=O) groups is 1. The first-order chi connectivity index (χ1) is 15.3. The maximum atomic E-state index is 12.9. The van der Waals surface area contributed by atoms with E-state index in [1.165, 1.54) is 0 Å². The molecule has 31 heavy (non-hydrogen) atoms. The number of amides is 1. The van der Waals surface area contributed by atoms with Gasteiger partial charge in [-0.1, -0.05) is 12.1 Å². The van der Waals surface area contributed by atoms with E-state index in [9.17, 15) is 4.79 Å². The third kappa shape index (κ3) is 4.20. The van der Waals surface area contributed by atoms with E-state index in [4.69, 9.17) is 9.47 Å². The predicted molar refractivity (Wildman–Crippen MR) is 115 cm³/mol. The first kappa shape index (κ1) is 19.1. The molecule has 0 saturated carbocycles. The van der Waals surface area contributed by atoms with Gasteiger partial charge in [0.25, 0.3) is 5.91 Å². The number of nitrogens with zero attached hydrogens (tertiary/aromatic N) is 5. The Morgan fingerprint density at radius 1 is 0.968 bits per heavy atom. The topological polar surface area (TPSA) is 92.7 Å². The summed E-state index contributed by atoms with van der Waals surface area (Å²) in [6.45, 7) is 2.78. The Bertz CT molecular complexity index is 1040. The van der Waals surface area contributed by atoms with Gasteiger partial charge in [0, 0.05) is 32.4 Å². The van der Waals surface area contributed by atoms with Crippen molar-refractivity contribution in [3.05, 3.63) is 60.9 Å². The molecule has 5 rings (SSSR count). The summed E-state index contributed by atoms with van der Waals surface area (Å²) in [7, 11) is 0. The van der Waals surface area contributed by atoms with Gasteiger partial charge in [-0.05, 0) is 36.4 Å². The second kappa shape index (κ2) is 8.47. The highest BCUT2D eigenvalue weighted by atomic mass is 16.6. The van der Waals surface area contributed by atoms with E-state index in [1.807, 2.05) is 53.4 Å². The number of anilines is 3. The zero-order chi connectivity index (χ0) is 21.0. The zero-order valence-electron chi connectivity index (χ0n) is 16.8. The molecule has 1 atom stereocenters. The summed E-state index contributed by atoms with van der Waals surface area (Å²) in [6.07, 6.45) is 2.83. The van der Waals surface area contributed by atoms with Gasteiger partial charge in [0.2, 0.25) is 6.10 Å². The quantitative estimate of drug-likeness (QED) is 0.689. The van der Waals surface area contributed by atoms with Crippen molar-refractivity contribution >= 4 is 23.2 Å². The monoisotopic (exact) mass is 418 g/mol. The summed E-state index contributed by atoms with van der Waals surface area (Å²) in [6, 6.07) is 15.0. The van der Waals surface area contributed by atoms with Crippen LogP contribution in [0, 0.1) is 0 Å². The number of aromatic nitrogens is 3. The summed E-state index contributed by atoms with van der Waals surface area (Å²) in [5.74, 6) is 2.68. The van der Waals surface area contributed by atoms with Crippen LogP contribution in [0.15, 0.2) is 60.9 Å². The van der Waals surface area contributed by atoms with Gasteiger partial charge in [0.15, 0.2) is 23.1 Å². The molecule has 9 heteroatoms. The average molecular weight is 418 g/mol. The molecule has 0 spiro atoms. The largest absolute Gasteiger partial charge is 0.485 e. The third-order valence-corrected chi connectivity index (χ3v) is 5.28. The minimum absolute atomic E-state index is 0.0451. The van der Waals surface area contributed by atoms with Gasteiger partial charge in [-0.25, -0.2) is 0 Å². The third-order valence-electron chi connectivity index (χ3n) is 5.28. The van der Waals surface area contributed by atoms with Crippen LogP contribution >= 0.6 is 0 Å². The van der Waals surface area contributed by atoms with Crippen molar-refractivity contribution in [1.29, 1.82) is 0 Å². The molecule has 158 valence electrons. The highest BCUT2D eigenvalue weighted by molar-refractivity contribution is 5.82. The van der Waals surface area contributed by atoms with Gasteiger partial charge < -0.3 is 24.6 Å². The van der Waals surface area contributed by atoms with Crippen LogP contribution in [0.4, 0.5) is 17.3 Å². The van der Waals surface area contributed by atoms with Gasteiger partial charge in [0.05, 0.1) is 11.9 Å². The van der Waals surface area contributed by atoms with Crippen LogP contribution in [0.1, 0.15) is 0 Å². The highest BCUT2D eigenvalue weighted by Gasteiger charge is 2.32. The van der Waals surface area contributed by atoms with Crippen LogP contribution in [-0.2, 0) is 4.79 Å². The lowest BCUT2D eigenvalue weighted by Gasteiger charge is -2.37. The fourth-order valence-electron chi connectivity index (χ4n) is 3.65. The van der Waals surface area contributed by atoms with Crippen molar-refractivity contribution in [3.63, 3.8) is 0 Å². The summed E-state index contributed by atoms with van der Waals surface area (Å²) < 4.78 is 11.5. The van der Waals surface area contributed by atoms with Crippen molar-refractivity contribution in [1.82, 2.24) is 20.1 Å². The van der Waals surface area contributed by atoms with Crippen LogP contribution in [0.25, 0.3) is 0 Å². The lowest BCUT2D eigenvalue weighted by molar-refractivity contribution is -0.141. The number of carbonyl (C=O) groups excluding carboxylic acids is 1. The van der Waals surface area contributed by atoms with Gasteiger partial charge >= 0.3 is 0 Å². The Morgan fingerprint density at radius 2 is 1.81 bits per heavy atom. The van der Waals surface area contributed by atoms with E-state index < -0.39 is 6.10 Å². The number of para-hydroxylation sites is 2. The standard InChI is InChI=1S/C22H22N6O3/c29-22(19-15-30-17-5-1-2-6-18(17)31-19)28-12-10-27(11-13-28)21-8-7-20(25-26-21)24-16-4-3-9-23-14-16/h1-9,14,19H,10-13,15H2,(H,24,25). The molecule has 0 aliphatic carbocycles. The highest BCUT2D eigenvalue weighted by Crippen LogP contribution is 2.31. The molecule has 1 N–H and O–H groups in total. The summed E-state index contributed by atoms with van der Waals surface area (Å²) in [4.78, 5) is 20.9. The lowest BCUT2D eigenvalue weighted by atomic mass is 10.2. The number of hydrogen-bond donors (Lipinski definition) is 1. The van der Waals surface area contributed by atoms with Gasteiger partial charge in [-0.15, -0.1) is 10.2 Å². The van der Waals surface area contributed by atoms with Crippen molar-refractivity contribution in [2.45, 2.75) is 6.10 Å². The normalized spacial score (nSPS) is 17.9. The Kier molecular flexibility index (Phi) is 5.22. The van der Waals surface area contributed by atoms with E-state index in [0.717, 1.165) is 11.5 Å². The van der Waals surface area contributed by atoms with Gasteiger partial charge in [-0.3, -0.25) is 9.78 Å². The molecule has 1 amide bonds. The summed E-state index contributed by atoms with van der Waals surface area (Å²) >= 11 is 0. The van der Waals surface area contributed by atoms with Crippen LogP contribution < -0.4 is 19.7 Å². The molecule has 1 fully saturated rings. The van der Waals surface area contributed by atoms with Crippen molar-refractivity contribution in [2.24, 2.45) is 0 Å². The molecule has 2 aromatic heterocycles. The van der Waals surface area contributed by atoms with Crippen molar-refractivity contribution in [2.75, 3.05) is 43.0 Å². The smallest absolute Gasteiger partial charge is 0.267 e. The Morgan fingerprint density at radius 3 is 2.55 bits per heavy atom. The minimum atomic E-state index is -0.612. The van der Waals surface area contributed by atoms with Crippen LogP contribution in [0.2, 0.25) is 0 Å². The number of piperazine rings is 1. The predicted octanol–water partition coefficient (Wildman–Crippen LogP) is 2.10. The first-order valence-corrected chi connectivity index (χ1v) is 10.2. The van der Waals surface area contributed by atoms with Crippen molar-refractivity contribution in [3.8, 4) is 11.5 Å². The van der Waals surface area contributed by atoms with Crippen LogP contribution in [-0.4, -0.2) is 64.9 Å². The molecule has 0 radical (unpaired) electrons. The van der Waals surface area contributed by atoms with Gasteiger partial charge in [0.1, 0.15) is 6.61 Å². The van der Waals surface area contributed by atoms with E-state index in [-0.39, 0.29) is 12.5 Å². The molecule has 1 aromatic carbocycles. The maximum Gasteiger partial charge on any atom is 0.267 e. The Balaban J connectivity index is 1.16.